The highest BCUT2D eigenvalue weighted by atomic mass is 16.5. The molecule has 1 saturated heterocycles. The summed E-state index contributed by atoms with van der Waals surface area (Å²) in [5, 5.41) is 14.8. The average Bonchev–Trinajstić information content (AvgIpc) is 2.92. The highest BCUT2D eigenvalue weighted by Crippen LogP contribution is 2.37. The van der Waals surface area contributed by atoms with Gasteiger partial charge >= 0.3 is 0 Å². The van der Waals surface area contributed by atoms with Crippen molar-refractivity contribution in [1.29, 1.82) is 5.26 Å². The molecular formula is C27H28N4O4. The van der Waals surface area contributed by atoms with Crippen molar-refractivity contribution in [3.63, 3.8) is 0 Å². The predicted octanol–water partition coefficient (Wildman–Crippen LogP) is 4.30. The van der Waals surface area contributed by atoms with Gasteiger partial charge in [-0.3, -0.25) is 0 Å². The number of aromatic nitrogens is 1. The number of fused-ring (bicyclic) bond motifs is 1. The van der Waals surface area contributed by atoms with Crippen LogP contribution in [-0.2, 0) is 9.47 Å². The largest absolute Gasteiger partial charge is 0.493 e. The molecule has 2 aromatic rings. The van der Waals surface area contributed by atoms with E-state index in [9.17, 15) is 5.26 Å². The van der Waals surface area contributed by atoms with Crippen molar-refractivity contribution in [2.45, 2.75) is 25.3 Å². The molecule has 0 saturated carbocycles. The number of hydrogen-bond acceptors (Lipinski definition) is 8. The monoisotopic (exact) mass is 472 g/mol. The van der Waals surface area contributed by atoms with Crippen LogP contribution in [0.15, 0.2) is 66.2 Å². The second kappa shape index (κ2) is 10.1. The van der Waals surface area contributed by atoms with Gasteiger partial charge in [0.1, 0.15) is 30.2 Å². The quantitative estimate of drug-likeness (QED) is 0.666. The zero-order valence-corrected chi connectivity index (χ0v) is 19.9. The molecule has 5 rings (SSSR count). The first-order chi connectivity index (χ1) is 17.2. The molecule has 3 aliphatic rings. The average molecular weight is 473 g/mol. The number of hydrogen-bond donors (Lipinski definition) is 1. The van der Waals surface area contributed by atoms with E-state index in [2.05, 4.69) is 39.5 Å². The molecule has 8 heteroatoms. The van der Waals surface area contributed by atoms with Crippen LogP contribution in [0, 0.1) is 11.3 Å². The topological polar surface area (TPSA) is 88.9 Å². The fourth-order valence-electron chi connectivity index (χ4n) is 4.66. The van der Waals surface area contributed by atoms with E-state index in [-0.39, 0.29) is 6.04 Å². The summed E-state index contributed by atoms with van der Waals surface area (Å²) >= 11 is 0. The normalized spacial score (nSPS) is 19.6. The van der Waals surface area contributed by atoms with Crippen molar-refractivity contribution in [3.8, 4) is 17.6 Å². The van der Waals surface area contributed by atoms with Crippen molar-refractivity contribution >= 4 is 16.6 Å². The summed E-state index contributed by atoms with van der Waals surface area (Å²) in [6.45, 7) is 2.14. The molecule has 0 bridgehead atoms. The van der Waals surface area contributed by atoms with Crippen LogP contribution < -0.4 is 19.7 Å². The van der Waals surface area contributed by atoms with Gasteiger partial charge in [-0.25, -0.2) is 4.98 Å². The third-order valence-electron chi connectivity index (χ3n) is 6.44. The van der Waals surface area contributed by atoms with E-state index in [1.54, 1.807) is 32.9 Å². The molecular weight excluding hydrogens is 444 g/mol. The zero-order chi connectivity index (χ0) is 24.2. The van der Waals surface area contributed by atoms with Crippen molar-refractivity contribution in [1.82, 2.24) is 10.3 Å². The number of anilines is 1. The number of nitriles is 1. The molecule has 0 spiro atoms. The Labute approximate surface area is 204 Å². The van der Waals surface area contributed by atoms with Crippen LogP contribution in [0.5, 0.6) is 11.5 Å². The Morgan fingerprint density at radius 2 is 2.03 bits per heavy atom. The van der Waals surface area contributed by atoms with E-state index in [1.807, 2.05) is 12.1 Å². The summed E-state index contributed by atoms with van der Waals surface area (Å²) in [7, 11) is 3.19. The summed E-state index contributed by atoms with van der Waals surface area (Å²) in [6.07, 6.45) is 14.2. The maximum atomic E-state index is 9.65. The lowest BCUT2D eigenvalue weighted by Gasteiger charge is -2.36. The molecule has 1 aromatic heterocycles. The summed E-state index contributed by atoms with van der Waals surface area (Å²) in [4.78, 5) is 6.87. The van der Waals surface area contributed by atoms with Gasteiger partial charge in [-0.2, -0.15) is 5.26 Å². The second-order valence-electron chi connectivity index (χ2n) is 8.62. The van der Waals surface area contributed by atoms with E-state index in [4.69, 9.17) is 18.9 Å². The second-order valence-corrected chi connectivity index (χ2v) is 8.62. The lowest BCUT2D eigenvalue weighted by Crippen LogP contribution is -2.52. The number of ether oxygens (including phenoxy) is 4. The number of pyridine rings is 1. The smallest absolute Gasteiger partial charge is 0.161 e. The van der Waals surface area contributed by atoms with E-state index < -0.39 is 0 Å². The number of benzene rings is 1. The number of methoxy groups -OCH3 is 2. The van der Waals surface area contributed by atoms with Crippen molar-refractivity contribution < 1.29 is 18.9 Å². The number of allylic oxidation sites excluding steroid dienone is 4. The maximum absolute atomic E-state index is 9.65. The van der Waals surface area contributed by atoms with Gasteiger partial charge in [0.15, 0.2) is 17.3 Å². The Morgan fingerprint density at radius 1 is 1.20 bits per heavy atom. The molecule has 1 aromatic carbocycles. The summed E-state index contributed by atoms with van der Waals surface area (Å²) in [5.74, 6) is 3.52. The Balaban J connectivity index is 1.39. The van der Waals surface area contributed by atoms with Crippen molar-refractivity contribution in [2.24, 2.45) is 0 Å². The van der Waals surface area contributed by atoms with Crippen LogP contribution in [0.4, 0.5) is 5.82 Å². The van der Waals surface area contributed by atoms with E-state index in [0.717, 1.165) is 60.5 Å². The third kappa shape index (κ3) is 4.68. The van der Waals surface area contributed by atoms with E-state index >= 15 is 0 Å². The van der Waals surface area contributed by atoms with Gasteiger partial charge < -0.3 is 29.2 Å². The number of nitrogens with one attached hydrogen (secondary N) is 1. The van der Waals surface area contributed by atoms with Crippen molar-refractivity contribution in [2.75, 3.05) is 38.8 Å². The minimum atomic E-state index is -0.0691. The maximum Gasteiger partial charge on any atom is 0.161 e. The molecule has 0 amide bonds. The molecule has 3 heterocycles. The molecule has 8 nitrogen and oxygen atoms in total. The highest BCUT2D eigenvalue weighted by Gasteiger charge is 2.29. The van der Waals surface area contributed by atoms with Crippen LogP contribution in [0.3, 0.4) is 0 Å². The standard InChI is InChI=1S/C27H28N4O4/c1-32-24-11-21-19(13-28)14-30-27(22(21)12-25(24)33-2)31-9-8-29-23(15-31)26-17-34-16-20(35-26)10-18-6-4-3-5-7-18/h3-4,6,11-12,14,16-17,23,29H,5,7-10,15H2,1-2H3. The minimum Gasteiger partial charge on any atom is -0.493 e. The highest BCUT2D eigenvalue weighted by molar-refractivity contribution is 5.98. The third-order valence-corrected chi connectivity index (χ3v) is 6.44. The number of piperazine rings is 1. The van der Waals surface area contributed by atoms with E-state index in [0.29, 0.717) is 23.6 Å². The fraction of sp³-hybridized carbons (Fsp3) is 0.333. The van der Waals surface area contributed by atoms with Gasteiger partial charge in [0.25, 0.3) is 0 Å². The number of nitrogens with zero attached hydrogens (tertiary/aromatic N) is 3. The van der Waals surface area contributed by atoms with Crippen LogP contribution in [-0.4, -0.2) is 44.9 Å². The van der Waals surface area contributed by atoms with Gasteiger partial charge in [0.2, 0.25) is 0 Å². The molecule has 35 heavy (non-hydrogen) atoms. The van der Waals surface area contributed by atoms with Crippen LogP contribution >= 0.6 is 0 Å². The first kappa shape index (κ1) is 22.8. The zero-order valence-electron chi connectivity index (χ0n) is 19.9. The van der Waals surface area contributed by atoms with Gasteiger partial charge in [0, 0.05) is 43.0 Å². The van der Waals surface area contributed by atoms with Crippen molar-refractivity contribution in [3.05, 3.63) is 71.7 Å². The van der Waals surface area contributed by atoms with Gasteiger partial charge in [-0.1, -0.05) is 23.8 Å². The molecule has 1 aliphatic carbocycles. The fourth-order valence-corrected chi connectivity index (χ4v) is 4.66. The summed E-state index contributed by atoms with van der Waals surface area (Å²) < 4.78 is 22.9. The Kier molecular flexibility index (Phi) is 6.59. The van der Waals surface area contributed by atoms with Crippen LogP contribution in [0.1, 0.15) is 24.8 Å². The lowest BCUT2D eigenvalue weighted by molar-refractivity contribution is 0.188. The van der Waals surface area contributed by atoms with Crippen LogP contribution in [0.2, 0.25) is 0 Å². The Morgan fingerprint density at radius 3 is 2.77 bits per heavy atom. The van der Waals surface area contributed by atoms with E-state index in [1.165, 1.54) is 5.57 Å². The SMILES string of the molecule is COc1cc2c(C#N)cnc(N3CCNC(C4=COC=C(CC5=CC=CCC5)O4)C3)c2cc1OC. The molecule has 0 radical (unpaired) electrons. The van der Waals surface area contributed by atoms with Gasteiger partial charge in [-0.15, -0.1) is 0 Å². The van der Waals surface area contributed by atoms with Gasteiger partial charge in [-0.05, 0) is 25.0 Å². The predicted molar refractivity (Wildman–Crippen MR) is 133 cm³/mol. The Hall–Kier alpha value is -3.96. The Bertz CT molecular complexity index is 1290. The lowest BCUT2D eigenvalue weighted by atomic mass is 10.0. The first-order valence-electron chi connectivity index (χ1n) is 11.7. The summed E-state index contributed by atoms with van der Waals surface area (Å²) in [6, 6.07) is 5.90. The molecule has 180 valence electrons. The molecule has 2 aliphatic heterocycles. The molecule has 1 atom stereocenters. The first-order valence-corrected chi connectivity index (χ1v) is 11.7. The van der Waals surface area contributed by atoms with Crippen LogP contribution in [0.25, 0.3) is 10.8 Å². The molecule has 1 unspecified atom stereocenters. The molecule has 1 N–H and O–H groups in total. The molecule has 1 fully saturated rings. The summed E-state index contributed by atoms with van der Waals surface area (Å²) in [5.41, 5.74) is 1.82. The minimum absolute atomic E-state index is 0.0691. The van der Waals surface area contributed by atoms with Gasteiger partial charge in [0.05, 0.1) is 25.8 Å². The number of rotatable bonds is 6.